The number of rotatable bonds is 5. The predicted molar refractivity (Wildman–Crippen MR) is 58.9 cm³/mol. The Morgan fingerprint density at radius 2 is 1.94 bits per heavy atom. The number of hydrogen-bond donors (Lipinski definition) is 2. The van der Waals surface area contributed by atoms with Crippen LogP contribution in [-0.4, -0.2) is 30.5 Å². The molecule has 4 heteroatoms. The van der Waals surface area contributed by atoms with Crippen molar-refractivity contribution in [3.8, 4) is 5.75 Å². The van der Waals surface area contributed by atoms with Crippen molar-refractivity contribution in [1.82, 2.24) is 0 Å². The lowest BCUT2D eigenvalue weighted by Crippen LogP contribution is -2.29. The van der Waals surface area contributed by atoms with Crippen LogP contribution in [-0.2, 0) is 6.42 Å². The van der Waals surface area contributed by atoms with E-state index in [0.29, 0.717) is 5.56 Å². The van der Waals surface area contributed by atoms with Crippen molar-refractivity contribution in [3.05, 3.63) is 29.6 Å². The summed E-state index contributed by atoms with van der Waals surface area (Å²) in [7, 11) is 1.40. The monoisotopic (exact) mass is 228 g/mol. The van der Waals surface area contributed by atoms with Crippen molar-refractivity contribution >= 4 is 0 Å². The van der Waals surface area contributed by atoms with Crippen LogP contribution < -0.4 is 4.74 Å². The molecule has 0 aromatic heterocycles. The van der Waals surface area contributed by atoms with Gasteiger partial charge in [0.25, 0.3) is 0 Å². The number of benzene rings is 1. The van der Waals surface area contributed by atoms with Crippen LogP contribution in [0.15, 0.2) is 18.2 Å². The fraction of sp³-hybridized carbons (Fsp3) is 0.500. The Morgan fingerprint density at radius 1 is 1.31 bits per heavy atom. The summed E-state index contributed by atoms with van der Waals surface area (Å²) in [4.78, 5) is 0. The van der Waals surface area contributed by atoms with Crippen LogP contribution in [0.1, 0.15) is 12.5 Å². The van der Waals surface area contributed by atoms with Gasteiger partial charge in [-0.05, 0) is 18.1 Å². The van der Waals surface area contributed by atoms with Crippen molar-refractivity contribution in [2.24, 2.45) is 5.41 Å². The molecule has 0 amide bonds. The molecule has 0 atom stereocenters. The van der Waals surface area contributed by atoms with Crippen molar-refractivity contribution in [1.29, 1.82) is 0 Å². The minimum atomic E-state index is -0.715. The summed E-state index contributed by atoms with van der Waals surface area (Å²) in [6, 6.07) is 4.85. The Kier molecular flexibility index (Phi) is 4.26. The molecule has 0 aliphatic heterocycles. The third kappa shape index (κ3) is 2.71. The fourth-order valence-corrected chi connectivity index (χ4v) is 1.47. The zero-order chi connectivity index (χ0) is 12.2. The Morgan fingerprint density at radius 3 is 2.44 bits per heavy atom. The predicted octanol–water partition coefficient (Wildman–Crippen LogP) is 1.37. The van der Waals surface area contributed by atoms with Gasteiger partial charge in [-0.15, -0.1) is 0 Å². The summed E-state index contributed by atoms with van der Waals surface area (Å²) in [6.07, 6.45) is 0.267. The smallest absolute Gasteiger partial charge is 0.168 e. The van der Waals surface area contributed by atoms with Gasteiger partial charge in [0, 0.05) is 5.41 Å². The first-order chi connectivity index (χ1) is 7.56. The Labute approximate surface area is 94.5 Å². The summed E-state index contributed by atoms with van der Waals surface area (Å²) in [5, 5.41) is 18.3. The minimum Gasteiger partial charge on any atom is -0.494 e. The number of halogens is 1. The highest BCUT2D eigenvalue weighted by atomic mass is 19.1. The molecule has 0 bridgehead atoms. The molecule has 0 aliphatic rings. The quantitative estimate of drug-likeness (QED) is 0.800. The molecule has 1 rings (SSSR count). The highest BCUT2D eigenvalue weighted by Crippen LogP contribution is 2.27. The van der Waals surface area contributed by atoms with Crippen LogP contribution in [0.3, 0.4) is 0 Å². The standard InChI is InChI=1S/C12H17FO3/c1-12(7-14,8-15)6-9-4-3-5-10(16-2)11(9)13/h3-5,14-15H,6-8H2,1-2H3. The minimum absolute atomic E-state index is 0.177. The lowest BCUT2D eigenvalue weighted by molar-refractivity contribution is 0.0696. The maximum atomic E-state index is 13.8. The largest absolute Gasteiger partial charge is 0.494 e. The first-order valence-corrected chi connectivity index (χ1v) is 5.09. The Hall–Kier alpha value is -1.13. The molecule has 0 aliphatic carbocycles. The second-order valence-electron chi connectivity index (χ2n) is 4.24. The van der Waals surface area contributed by atoms with Gasteiger partial charge in [-0.25, -0.2) is 4.39 Å². The number of aliphatic hydroxyl groups is 2. The molecular formula is C12H17FO3. The van der Waals surface area contributed by atoms with E-state index in [1.54, 1.807) is 19.1 Å². The van der Waals surface area contributed by atoms with Crippen molar-refractivity contribution in [2.45, 2.75) is 13.3 Å². The number of aliphatic hydroxyl groups excluding tert-OH is 2. The van der Waals surface area contributed by atoms with Gasteiger partial charge < -0.3 is 14.9 Å². The van der Waals surface area contributed by atoms with Crippen LogP contribution in [0, 0.1) is 11.2 Å². The highest BCUT2D eigenvalue weighted by Gasteiger charge is 2.25. The van der Waals surface area contributed by atoms with E-state index in [1.165, 1.54) is 13.2 Å². The topological polar surface area (TPSA) is 49.7 Å². The summed E-state index contributed by atoms with van der Waals surface area (Å²) in [6.45, 7) is 1.31. The molecule has 1 aromatic rings. The van der Waals surface area contributed by atoms with Crippen molar-refractivity contribution in [3.63, 3.8) is 0 Å². The van der Waals surface area contributed by atoms with E-state index in [0.717, 1.165) is 0 Å². The normalized spacial score (nSPS) is 11.6. The third-order valence-electron chi connectivity index (χ3n) is 2.64. The number of ether oxygens (including phenoxy) is 1. The van der Waals surface area contributed by atoms with Crippen LogP contribution in [0.2, 0.25) is 0 Å². The molecule has 0 saturated carbocycles. The van der Waals surface area contributed by atoms with Gasteiger partial charge in [0.1, 0.15) is 0 Å². The van der Waals surface area contributed by atoms with Crippen molar-refractivity contribution in [2.75, 3.05) is 20.3 Å². The van der Waals surface area contributed by atoms with Crippen LogP contribution in [0.5, 0.6) is 5.75 Å². The molecule has 3 nitrogen and oxygen atoms in total. The van der Waals surface area contributed by atoms with Crippen molar-refractivity contribution < 1.29 is 19.3 Å². The Bertz CT molecular complexity index is 348. The molecule has 0 fully saturated rings. The summed E-state index contributed by atoms with van der Waals surface area (Å²) < 4.78 is 18.7. The van der Waals surface area contributed by atoms with E-state index < -0.39 is 11.2 Å². The first kappa shape index (κ1) is 12.9. The fourth-order valence-electron chi connectivity index (χ4n) is 1.47. The van der Waals surface area contributed by atoms with Gasteiger partial charge in [-0.1, -0.05) is 19.1 Å². The molecule has 2 N–H and O–H groups in total. The zero-order valence-corrected chi connectivity index (χ0v) is 9.53. The lowest BCUT2D eigenvalue weighted by Gasteiger charge is -2.24. The average Bonchev–Trinajstić information content (AvgIpc) is 2.32. The van der Waals surface area contributed by atoms with Gasteiger partial charge >= 0.3 is 0 Å². The van der Waals surface area contributed by atoms with E-state index in [2.05, 4.69) is 0 Å². The molecule has 1 aromatic carbocycles. The highest BCUT2D eigenvalue weighted by molar-refractivity contribution is 5.31. The van der Waals surface area contributed by atoms with Gasteiger partial charge in [0.15, 0.2) is 11.6 Å². The van der Waals surface area contributed by atoms with Gasteiger partial charge in [0.05, 0.1) is 20.3 Å². The molecule has 0 saturated heterocycles. The zero-order valence-electron chi connectivity index (χ0n) is 9.53. The maximum Gasteiger partial charge on any atom is 0.168 e. The summed E-state index contributed by atoms with van der Waals surface area (Å²) >= 11 is 0. The van der Waals surface area contributed by atoms with Crippen LogP contribution in [0.4, 0.5) is 4.39 Å². The van der Waals surface area contributed by atoms with Crippen LogP contribution >= 0.6 is 0 Å². The molecular weight excluding hydrogens is 211 g/mol. The van der Waals surface area contributed by atoms with E-state index >= 15 is 0 Å². The van der Waals surface area contributed by atoms with E-state index in [1.807, 2.05) is 0 Å². The molecule has 0 heterocycles. The molecule has 16 heavy (non-hydrogen) atoms. The molecule has 0 spiro atoms. The van der Waals surface area contributed by atoms with E-state index in [9.17, 15) is 4.39 Å². The van der Waals surface area contributed by atoms with E-state index in [4.69, 9.17) is 14.9 Å². The second kappa shape index (κ2) is 5.27. The third-order valence-corrected chi connectivity index (χ3v) is 2.64. The molecule has 90 valence electrons. The van der Waals surface area contributed by atoms with Gasteiger partial charge in [-0.2, -0.15) is 0 Å². The summed E-state index contributed by atoms with van der Waals surface area (Å²) in [5.41, 5.74) is -0.280. The maximum absolute atomic E-state index is 13.8. The molecule has 0 radical (unpaired) electrons. The summed E-state index contributed by atoms with van der Waals surface area (Å²) in [5.74, 6) is -0.256. The number of methoxy groups -OCH3 is 1. The second-order valence-corrected chi connectivity index (χ2v) is 4.24. The lowest BCUT2D eigenvalue weighted by atomic mass is 9.85. The molecule has 0 unspecified atom stereocenters. The Balaban J connectivity index is 2.97. The van der Waals surface area contributed by atoms with Crippen LogP contribution in [0.25, 0.3) is 0 Å². The average molecular weight is 228 g/mol. The van der Waals surface area contributed by atoms with Gasteiger partial charge in [-0.3, -0.25) is 0 Å². The first-order valence-electron chi connectivity index (χ1n) is 5.09. The van der Waals surface area contributed by atoms with Gasteiger partial charge in [0.2, 0.25) is 0 Å². The van der Waals surface area contributed by atoms with E-state index in [-0.39, 0.29) is 25.4 Å². The SMILES string of the molecule is COc1cccc(CC(C)(CO)CO)c1F. The number of hydrogen-bond acceptors (Lipinski definition) is 3.